The summed E-state index contributed by atoms with van der Waals surface area (Å²) in [6.07, 6.45) is 3.55. The highest BCUT2D eigenvalue weighted by Crippen LogP contribution is 2.36. The zero-order valence-corrected chi connectivity index (χ0v) is 10.7. The molecule has 0 radical (unpaired) electrons. The molecule has 2 rings (SSSR count). The first-order valence-electron chi connectivity index (χ1n) is 6.74. The fraction of sp³-hybridized carbons (Fsp3) is 1.00. The van der Waals surface area contributed by atoms with E-state index >= 15 is 0 Å². The van der Waals surface area contributed by atoms with Crippen LogP contribution >= 0.6 is 0 Å². The van der Waals surface area contributed by atoms with Crippen molar-refractivity contribution in [2.24, 2.45) is 11.8 Å². The molecule has 2 aliphatic rings. The second kappa shape index (κ2) is 5.61. The maximum Gasteiger partial charge on any atom is 0.345 e. The van der Waals surface area contributed by atoms with Crippen molar-refractivity contribution >= 4 is 0 Å². The standard InChI is InChI=1S/C13H23F2NO/c1-9(2)16-7-11(8-16)10-3-5-12(6-4-10)17-13(14)15/h9-13H,3-8H2,1-2H3. The smallest absolute Gasteiger partial charge is 0.320 e. The highest BCUT2D eigenvalue weighted by atomic mass is 19.3. The van der Waals surface area contributed by atoms with Gasteiger partial charge in [0, 0.05) is 19.1 Å². The molecular weight excluding hydrogens is 224 g/mol. The predicted octanol–water partition coefficient (Wildman–Crippen LogP) is 3.12. The van der Waals surface area contributed by atoms with Crippen LogP contribution in [0.15, 0.2) is 0 Å². The van der Waals surface area contributed by atoms with Gasteiger partial charge in [-0.25, -0.2) is 0 Å². The number of hydrogen-bond donors (Lipinski definition) is 0. The summed E-state index contributed by atoms with van der Waals surface area (Å²) in [4.78, 5) is 2.48. The third-order valence-electron chi connectivity index (χ3n) is 4.35. The molecular formula is C13H23F2NO. The maximum absolute atomic E-state index is 12.1. The highest BCUT2D eigenvalue weighted by Gasteiger charge is 2.36. The molecule has 4 heteroatoms. The molecule has 0 amide bonds. The summed E-state index contributed by atoms with van der Waals surface area (Å²) in [5.74, 6) is 1.53. The van der Waals surface area contributed by atoms with Gasteiger partial charge in [-0.3, -0.25) is 0 Å². The molecule has 17 heavy (non-hydrogen) atoms. The SMILES string of the molecule is CC(C)N1CC(C2CCC(OC(F)F)CC2)C1. The van der Waals surface area contributed by atoms with Crippen LogP contribution in [0.4, 0.5) is 8.78 Å². The number of hydrogen-bond acceptors (Lipinski definition) is 2. The Kier molecular flexibility index (Phi) is 4.36. The van der Waals surface area contributed by atoms with E-state index in [1.165, 1.54) is 13.1 Å². The summed E-state index contributed by atoms with van der Waals surface area (Å²) in [5, 5.41) is 0. The predicted molar refractivity (Wildman–Crippen MR) is 63.0 cm³/mol. The highest BCUT2D eigenvalue weighted by molar-refractivity contribution is 4.89. The normalized spacial score (nSPS) is 32.1. The third kappa shape index (κ3) is 3.38. The number of rotatable bonds is 4. The van der Waals surface area contributed by atoms with Gasteiger partial charge >= 0.3 is 6.61 Å². The third-order valence-corrected chi connectivity index (χ3v) is 4.35. The zero-order valence-electron chi connectivity index (χ0n) is 10.7. The van der Waals surface area contributed by atoms with E-state index in [0.717, 1.165) is 37.5 Å². The van der Waals surface area contributed by atoms with Crippen LogP contribution in [-0.2, 0) is 4.74 Å². The molecule has 100 valence electrons. The minimum Gasteiger partial charge on any atom is -0.320 e. The van der Waals surface area contributed by atoms with E-state index in [2.05, 4.69) is 23.5 Å². The summed E-state index contributed by atoms with van der Waals surface area (Å²) in [6.45, 7) is 4.25. The Hall–Kier alpha value is -0.220. The van der Waals surface area contributed by atoms with Crippen LogP contribution in [0.25, 0.3) is 0 Å². The van der Waals surface area contributed by atoms with Crippen LogP contribution in [0.1, 0.15) is 39.5 Å². The first-order valence-corrected chi connectivity index (χ1v) is 6.74. The molecule has 0 aromatic carbocycles. The number of nitrogens with zero attached hydrogens (tertiary/aromatic N) is 1. The number of halogens is 2. The van der Waals surface area contributed by atoms with E-state index in [0.29, 0.717) is 6.04 Å². The Morgan fingerprint density at radius 3 is 2.06 bits per heavy atom. The van der Waals surface area contributed by atoms with Gasteiger partial charge in [-0.2, -0.15) is 8.78 Å². The average molecular weight is 247 g/mol. The Labute approximate surface area is 102 Å². The van der Waals surface area contributed by atoms with Crippen LogP contribution in [0, 0.1) is 11.8 Å². The van der Waals surface area contributed by atoms with E-state index in [1.807, 2.05) is 0 Å². The van der Waals surface area contributed by atoms with Crippen molar-refractivity contribution in [2.75, 3.05) is 13.1 Å². The molecule has 0 aromatic heterocycles. The molecule has 1 saturated heterocycles. The Morgan fingerprint density at radius 1 is 1.00 bits per heavy atom. The lowest BCUT2D eigenvalue weighted by Gasteiger charge is -2.47. The van der Waals surface area contributed by atoms with E-state index in [1.54, 1.807) is 0 Å². The summed E-state index contributed by atoms with van der Waals surface area (Å²) in [5.41, 5.74) is 0. The summed E-state index contributed by atoms with van der Waals surface area (Å²) >= 11 is 0. The minimum atomic E-state index is -2.60. The van der Waals surface area contributed by atoms with Crippen LogP contribution in [-0.4, -0.2) is 36.7 Å². The second-order valence-corrected chi connectivity index (χ2v) is 5.74. The maximum atomic E-state index is 12.1. The van der Waals surface area contributed by atoms with E-state index in [4.69, 9.17) is 0 Å². The minimum absolute atomic E-state index is 0.201. The lowest BCUT2D eigenvalue weighted by molar-refractivity contribution is -0.173. The first-order chi connectivity index (χ1) is 8.06. The quantitative estimate of drug-likeness (QED) is 0.756. The van der Waals surface area contributed by atoms with Gasteiger partial charge in [0.2, 0.25) is 0 Å². The lowest BCUT2D eigenvalue weighted by Crippen LogP contribution is -2.53. The Morgan fingerprint density at radius 2 is 1.59 bits per heavy atom. The molecule has 0 unspecified atom stereocenters. The monoisotopic (exact) mass is 247 g/mol. The van der Waals surface area contributed by atoms with Crippen molar-refractivity contribution in [1.29, 1.82) is 0 Å². The molecule has 0 aromatic rings. The van der Waals surface area contributed by atoms with Gasteiger partial charge in [0.05, 0.1) is 6.10 Å². The topological polar surface area (TPSA) is 12.5 Å². The van der Waals surface area contributed by atoms with Crippen LogP contribution in [0.5, 0.6) is 0 Å². The fourth-order valence-electron chi connectivity index (χ4n) is 3.11. The lowest BCUT2D eigenvalue weighted by atomic mass is 9.75. The molecule has 0 spiro atoms. The average Bonchev–Trinajstić information content (AvgIpc) is 2.16. The van der Waals surface area contributed by atoms with Gasteiger partial charge in [-0.1, -0.05) is 0 Å². The fourth-order valence-corrected chi connectivity index (χ4v) is 3.11. The molecule has 2 fully saturated rings. The molecule has 2 nitrogen and oxygen atoms in total. The molecule has 1 heterocycles. The van der Waals surface area contributed by atoms with Crippen LogP contribution < -0.4 is 0 Å². The van der Waals surface area contributed by atoms with E-state index in [9.17, 15) is 8.78 Å². The molecule has 0 atom stereocenters. The molecule has 0 N–H and O–H groups in total. The van der Waals surface area contributed by atoms with Gasteiger partial charge < -0.3 is 9.64 Å². The van der Waals surface area contributed by atoms with Gasteiger partial charge in [0.1, 0.15) is 0 Å². The van der Waals surface area contributed by atoms with E-state index in [-0.39, 0.29) is 6.10 Å². The first kappa shape index (κ1) is 13.2. The van der Waals surface area contributed by atoms with Crippen molar-refractivity contribution in [1.82, 2.24) is 4.90 Å². The summed E-state index contributed by atoms with van der Waals surface area (Å²) in [6, 6.07) is 0.643. The van der Waals surface area contributed by atoms with Crippen molar-refractivity contribution in [2.45, 2.75) is 58.3 Å². The molecule has 0 bridgehead atoms. The second-order valence-electron chi connectivity index (χ2n) is 5.74. The van der Waals surface area contributed by atoms with Crippen molar-refractivity contribution in [3.05, 3.63) is 0 Å². The zero-order chi connectivity index (χ0) is 12.4. The number of alkyl halides is 2. The van der Waals surface area contributed by atoms with Gasteiger partial charge in [-0.15, -0.1) is 0 Å². The Balaban J connectivity index is 1.67. The van der Waals surface area contributed by atoms with E-state index < -0.39 is 6.61 Å². The van der Waals surface area contributed by atoms with Gasteiger partial charge in [0.15, 0.2) is 0 Å². The summed E-state index contributed by atoms with van der Waals surface area (Å²) < 4.78 is 28.7. The van der Waals surface area contributed by atoms with Crippen LogP contribution in [0.2, 0.25) is 0 Å². The molecule has 1 aliphatic carbocycles. The van der Waals surface area contributed by atoms with Crippen molar-refractivity contribution < 1.29 is 13.5 Å². The number of ether oxygens (including phenoxy) is 1. The number of likely N-dealkylation sites (tertiary alicyclic amines) is 1. The van der Waals surface area contributed by atoms with Gasteiger partial charge in [0.25, 0.3) is 0 Å². The van der Waals surface area contributed by atoms with Gasteiger partial charge in [-0.05, 0) is 51.4 Å². The largest absolute Gasteiger partial charge is 0.345 e. The Bertz CT molecular complexity index is 234. The van der Waals surface area contributed by atoms with Crippen molar-refractivity contribution in [3.63, 3.8) is 0 Å². The molecule has 1 saturated carbocycles. The van der Waals surface area contributed by atoms with Crippen LogP contribution in [0.3, 0.4) is 0 Å². The molecule has 1 aliphatic heterocycles. The summed E-state index contributed by atoms with van der Waals surface area (Å²) in [7, 11) is 0. The van der Waals surface area contributed by atoms with Crippen molar-refractivity contribution in [3.8, 4) is 0 Å².